The lowest BCUT2D eigenvalue weighted by Gasteiger charge is -1.97. The van der Waals surface area contributed by atoms with E-state index in [1.54, 1.807) is 30.3 Å². The van der Waals surface area contributed by atoms with Crippen LogP contribution in [0.4, 0.5) is 0 Å². The smallest absolute Gasteiger partial charge is 0.161 e. The van der Waals surface area contributed by atoms with Gasteiger partial charge in [0.25, 0.3) is 5.66 Å². The molecule has 0 aromatic heterocycles. The summed E-state index contributed by atoms with van der Waals surface area (Å²) in [6, 6.07) is 8.58. The van der Waals surface area contributed by atoms with Crippen LogP contribution in [0.2, 0.25) is 0 Å². The standard InChI is InChI=1S/C8H8O4P2/c9-13(10)6-8(14(11)12)7-4-2-1-3-5-7/h1-5,8H,6H2/p+2/t8-/m1/s1. The van der Waals surface area contributed by atoms with E-state index in [1.165, 1.54) is 0 Å². The van der Waals surface area contributed by atoms with Gasteiger partial charge in [0.2, 0.25) is 6.16 Å². The minimum Gasteiger partial charge on any atom is -0.161 e. The fourth-order valence-corrected chi connectivity index (χ4v) is 3.04. The topological polar surface area (TPSA) is 74.6 Å². The van der Waals surface area contributed by atoms with E-state index in [-0.39, 0.29) is 6.16 Å². The third-order valence-corrected chi connectivity index (χ3v) is 3.76. The van der Waals surface area contributed by atoms with E-state index in [0.717, 1.165) is 0 Å². The maximum atomic E-state index is 10.9. The molecule has 14 heavy (non-hydrogen) atoms. The van der Waals surface area contributed by atoms with Gasteiger partial charge in [0.15, 0.2) is 0 Å². The highest BCUT2D eigenvalue weighted by Crippen LogP contribution is 2.42. The van der Waals surface area contributed by atoms with Crippen molar-refractivity contribution in [1.82, 2.24) is 0 Å². The van der Waals surface area contributed by atoms with E-state index in [2.05, 4.69) is 0 Å². The maximum Gasteiger partial charge on any atom is 0.518 e. The third-order valence-electron chi connectivity index (χ3n) is 1.78. The van der Waals surface area contributed by atoms with Crippen molar-refractivity contribution >= 4 is 16.1 Å². The van der Waals surface area contributed by atoms with Crippen LogP contribution in [0.1, 0.15) is 11.2 Å². The summed E-state index contributed by atoms with van der Waals surface area (Å²) in [6.45, 7) is 0. The molecule has 0 bridgehead atoms. The van der Waals surface area contributed by atoms with E-state index >= 15 is 0 Å². The average molecular weight is 232 g/mol. The predicted octanol–water partition coefficient (Wildman–Crippen LogP) is 2.20. The summed E-state index contributed by atoms with van der Waals surface area (Å²) in [7, 11) is -4.86. The molecule has 0 aliphatic carbocycles. The SMILES string of the molecule is O=[P+](O)C[C@H](c1ccccc1)[P+](=O)O. The van der Waals surface area contributed by atoms with Gasteiger partial charge in [-0.15, -0.1) is 0 Å². The zero-order chi connectivity index (χ0) is 10.6. The van der Waals surface area contributed by atoms with E-state index in [1.807, 2.05) is 0 Å². The Labute approximate surface area is 83.3 Å². The van der Waals surface area contributed by atoms with Gasteiger partial charge >= 0.3 is 16.1 Å². The molecule has 2 unspecified atom stereocenters. The molecule has 0 radical (unpaired) electrons. The summed E-state index contributed by atoms with van der Waals surface area (Å²) in [5.41, 5.74) is -0.131. The number of hydrogen-bond acceptors (Lipinski definition) is 2. The Bertz CT molecular complexity index is 338. The summed E-state index contributed by atoms with van der Waals surface area (Å²) in [4.78, 5) is 17.7. The van der Waals surface area contributed by atoms with Gasteiger partial charge in [0.05, 0.1) is 0 Å². The highest BCUT2D eigenvalue weighted by molar-refractivity contribution is 7.43. The second kappa shape index (κ2) is 5.28. The van der Waals surface area contributed by atoms with Crippen LogP contribution in [0.3, 0.4) is 0 Å². The molecule has 0 aliphatic rings. The van der Waals surface area contributed by atoms with Crippen molar-refractivity contribution in [2.75, 3.05) is 6.16 Å². The summed E-state index contributed by atoms with van der Waals surface area (Å²) in [5, 5.41) is 0. The first-order valence-corrected chi connectivity index (χ1v) is 6.63. The van der Waals surface area contributed by atoms with Crippen LogP contribution < -0.4 is 0 Å². The molecule has 0 heterocycles. The Kier molecular flexibility index (Phi) is 4.30. The quantitative estimate of drug-likeness (QED) is 0.780. The molecule has 0 saturated carbocycles. The Morgan fingerprint density at radius 1 is 1.14 bits per heavy atom. The second-order valence-corrected chi connectivity index (χ2v) is 5.06. The predicted molar refractivity (Wildman–Crippen MR) is 53.7 cm³/mol. The van der Waals surface area contributed by atoms with Crippen molar-refractivity contribution in [3.05, 3.63) is 35.9 Å². The number of benzene rings is 1. The van der Waals surface area contributed by atoms with Crippen LogP contribution in [-0.2, 0) is 9.13 Å². The van der Waals surface area contributed by atoms with Crippen molar-refractivity contribution in [2.45, 2.75) is 5.66 Å². The van der Waals surface area contributed by atoms with Crippen LogP contribution >= 0.6 is 16.1 Å². The summed E-state index contributed by atoms with van der Waals surface area (Å²) < 4.78 is 21.5. The first kappa shape index (κ1) is 11.4. The molecule has 0 saturated heterocycles. The summed E-state index contributed by atoms with van der Waals surface area (Å²) in [6.07, 6.45) is -0.176. The lowest BCUT2D eigenvalue weighted by molar-refractivity contribution is 0.482. The van der Waals surface area contributed by atoms with Crippen molar-refractivity contribution < 1.29 is 18.9 Å². The number of rotatable bonds is 4. The molecule has 4 nitrogen and oxygen atoms in total. The molecule has 1 rings (SSSR count). The molecular formula is C8H10O4P2+2. The van der Waals surface area contributed by atoms with Crippen LogP contribution in [0.15, 0.2) is 30.3 Å². The van der Waals surface area contributed by atoms with Gasteiger partial charge in [-0.1, -0.05) is 30.3 Å². The first-order chi connectivity index (χ1) is 6.61. The van der Waals surface area contributed by atoms with E-state index in [4.69, 9.17) is 9.79 Å². The lowest BCUT2D eigenvalue weighted by Crippen LogP contribution is -1.96. The highest BCUT2D eigenvalue weighted by Gasteiger charge is 2.38. The van der Waals surface area contributed by atoms with E-state index < -0.39 is 21.7 Å². The zero-order valence-corrected chi connectivity index (χ0v) is 9.07. The maximum absolute atomic E-state index is 10.9. The second-order valence-electron chi connectivity index (χ2n) is 2.76. The average Bonchev–Trinajstić information content (AvgIpc) is 2.15. The molecule has 74 valence electrons. The van der Waals surface area contributed by atoms with Crippen LogP contribution in [-0.4, -0.2) is 15.9 Å². The Balaban J connectivity index is 2.89. The van der Waals surface area contributed by atoms with Gasteiger partial charge < -0.3 is 0 Å². The molecular weight excluding hydrogens is 222 g/mol. The van der Waals surface area contributed by atoms with Crippen LogP contribution in [0.5, 0.6) is 0 Å². The fourth-order valence-electron chi connectivity index (χ4n) is 1.13. The third kappa shape index (κ3) is 3.24. The molecule has 3 atom stereocenters. The van der Waals surface area contributed by atoms with Crippen LogP contribution in [0.25, 0.3) is 0 Å². The Hall–Kier alpha value is -0.660. The lowest BCUT2D eigenvalue weighted by atomic mass is 10.2. The van der Waals surface area contributed by atoms with Crippen molar-refractivity contribution in [1.29, 1.82) is 0 Å². The molecule has 0 aliphatic heterocycles. The Morgan fingerprint density at radius 3 is 2.14 bits per heavy atom. The van der Waals surface area contributed by atoms with Gasteiger partial charge in [-0.3, -0.25) is 0 Å². The monoisotopic (exact) mass is 232 g/mol. The highest BCUT2D eigenvalue weighted by atomic mass is 31.1. The minimum absolute atomic E-state index is 0.176. The molecule has 6 heteroatoms. The normalized spacial score (nSPS) is 14.7. The molecule has 0 amide bonds. The molecule has 1 aromatic rings. The van der Waals surface area contributed by atoms with Gasteiger partial charge in [-0.25, -0.2) is 0 Å². The van der Waals surface area contributed by atoms with E-state index in [0.29, 0.717) is 5.56 Å². The minimum atomic E-state index is -2.47. The van der Waals surface area contributed by atoms with Gasteiger partial charge in [-0.2, -0.15) is 9.79 Å². The number of hydrogen-bond donors (Lipinski definition) is 2. The zero-order valence-electron chi connectivity index (χ0n) is 7.28. The largest absolute Gasteiger partial charge is 0.518 e. The fraction of sp³-hybridized carbons (Fsp3) is 0.250. The first-order valence-electron chi connectivity index (χ1n) is 3.95. The van der Waals surface area contributed by atoms with E-state index in [9.17, 15) is 9.13 Å². The molecule has 2 N–H and O–H groups in total. The summed E-state index contributed by atoms with van der Waals surface area (Å²) >= 11 is 0. The van der Waals surface area contributed by atoms with Gasteiger partial charge in [-0.05, 0) is 9.13 Å². The molecule has 1 aromatic carbocycles. The van der Waals surface area contributed by atoms with Crippen molar-refractivity contribution in [2.24, 2.45) is 0 Å². The van der Waals surface area contributed by atoms with Gasteiger partial charge in [0.1, 0.15) is 0 Å². The van der Waals surface area contributed by atoms with Crippen molar-refractivity contribution in [3.63, 3.8) is 0 Å². The Morgan fingerprint density at radius 2 is 1.71 bits per heavy atom. The summed E-state index contributed by atoms with van der Waals surface area (Å²) in [5.74, 6) is 0. The molecule has 0 spiro atoms. The van der Waals surface area contributed by atoms with Crippen LogP contribution in [0, 0.1) is 0 Å². The van der Waals surface area contributed by atoms with Crippen molar-refractivity contribution in [3.8, 4) is 0 Å². The molecule has 0 fully saturated rings. The van der Waals surface area contributed by atoms with Gasteiger partial charge in [0, 0.05) is 5.56 Å².